The minimum absolute atomic E-state index is 0.0125. The van der Waals surface area contributed by atoms with Crippen LogP contribution in [0.2, 0.25) is 0 Å². The smallest absolute Gasteiger partial charge is 0.334 e. The first-order valence-electron chi connectivity index (χ1n) is 10.6. The van der Waals surface area contributed by atoms with E-state index in [2.05, 4.69) is 20.8 Å². The van der Waals surface area contributed by atoms with Crippen molar-refractivity contribution in [3.63, 3.8) is 0 Å². The molecule has 6 fully saturated rings. The molecule has 1 N–H and O–H groups in total. The lowest BCUT2D eigenvalue weighted by molar-refractivity contribution is -0.154. The number of esters is 1. The van der Waals surface area contributed by atoms with Crippen LogP contribution in [0.4, 0.5) is 0 Å². The molecule has 150 valence electrons. The van der Waals surface area contributed by atoms with E-state index in [1.807, 2.05) is 0 Å². The third kappa shape index (κ3) is 1.07. The Labute approximate surface area is 162 Å². The summed E-state index contributed by atoms with van der Waals surface area (Å²) in [5.41, 5.74) is -2.31. The highest BCUT2D eigenvalue weighted by molar-refractivity contribution is 5.93. The Morgan fingerprint density at radius 1 is 1.14 bits per heavy atom. The van der Waals surface area contributed by atoms with Gasteiger partial charge in [-0.15, -0.1) is 0 Å². The van der Waals surface area contributed by atoms with Crippen molar-refractivity contribution < 1.29 is 33.6 Å². The summed E-state index contributed by atoms with van der Waals surface area (Å²) >= 11 is 0. The fourth-order valence-corrected chi connectivity index (χ4v) is 8.55. The van der Waals surface area contributed by atoms with Crippen LogP contribution in [-0.2, 0) is 28.5 Å². The molecule has 9 atom stereocenters. The third-order valence-electron chi connectivity index (χ3n) is 9.96. The second kappa shape index (κ2) is 3.73. The van der Waals surface area contributed by atoms with Crippen molar-refractivity contribution >= 4 is 5.97 Å². The maximum Gasteiger partial charge on any atom is 0.334 e. The van der Waals surface area contributed by atoms with Crippen molar-refractivity contribution in [2.75, 3.05) is 13.2 Å². The van der Waals surface area contributed by atoms with Crippen LogP contribution < -0.4 is 0 Å². The predicted molar refractivity (Wildman–Crippen MR) is 91.2 cm³/mol. The van der Waals surface area contributed by atoms with Crippen LogP contribution in [0.15, 0.2) is 11.1 Å². The summed E-state index contributed by atoms with van der Waals surface area (Å²) in [5.74, 6) is 0.0244. The zero-order chi connectivity index (χ0) is 19.1. The number of rotatable bonds is 1. The van der Waals surface area contributed by atoms with Crippen LogP contribution in [0, 0.1) is 11.3 Å². The van der Waals surface area contributed by atoms with Gasteiger partial charge >= 0.3 is 5.97 Å². The molecule has 0 bridgehead atoms. The fraction of sp³-hybridized carbons (Fsp3) is 0.857. The van der Waals surface area contributed by atoms with Gasteiger partial charge in [0.15, 0.2) is 11.2 Å². The maximum atomic E-state index is 12.2. The third-order valence-corrected chi connectivity index (χ3v) is 9.96. The molecule has 28 heavy (non-hydrogen) atoms. The average molecular weight is 388 g/mol. The summed E-state index contributed by atoms with van der Waals surface area (Å²) in [6, 6.07) is 0. The van der Waals surface area contributed by atoms with Crippen molar-refractivity contribution in [1.82, 2.24) is 0 Å². The summed E-state index contributed by atoms with van der Waals surface area (Å²) in [6.45, 7) is 7.30. The number of cyclic esters (lactones) is 1. The van der Waals surface area contributed by atoms with Crippen LogP contribution >= 0.6 is 0 Å². The number of epoxide rings is 4. The van der Waals surface area contributed by atoms with E-state index in [4.69, 9.17) is 23.7 Å². The molecule has 3 aliphatic carbocycles. The molecule has 0 aromatic heterocycles. The summed E-state index contributed by atoms with van der Waals surface area (Å²) in [7, 11) is 0. The number of fused-ring (bicyclic) bond motifs is 5. The molecule has 0 aromatic carbocycles. The lowest BCUT2D eigenvalue weighted by Gasteiger charge is -2.57. The Morgan fingerprint density at radius 2 is 1.93 bits per heavy atom. The number of carbonyl (C=O) groups is 1. The monoisotopic (exact) mass is 388 g/mol. The van der Waals surface area contributed by atoms with Gasteiger partial charge in [0.2, 0.25) is 0 Å². The second-order valence-corrected chi connectivity index (χ2v) is 10.6. The van der Waals surface area contributed by atoms with Crippen LogP contribution in [0.1, 0.15) is 40.0 Å². The van der Waals surface area contributed by atoms with Gasteiger partial charge in [0, 0.05) is 23.0 Å². The van der Waals surface area contributed by atoms with Crippen molar-refractivity contribution in [2.24, 2.45) is 11.3 Å². The lowest BCUT2D eigenvalue weighted by Crippen LogP contribution is -2.75. The predicted octanol–water partition coefficient (Wildman–Crippen LogP) is 0.626. The number of hydrogen-bond donors (Lipinski definition) is 1. The van der Waals surface area contributed by atoms with Crippen LogP contribution in [0.5, 0.6) is 0 Å². The molecule has 0 unspecified atom stereocenters. The second-order valence-electron chi connectivity index (χ2n) is 10.6. The largest absolute Gasteiger partial charge is 0.458 e. The van der Waals surface area contributed by atoms with Crippen LogP contribution in [-0.4, -0.2) is 70.6 Å². The van der Waals surface area contributed by atoms with Gasteiger partial charge in [0.05, 0.1) is 12.7 Å². The molecule has 5 heterocycles. The van der Waals surface area contributed by atoms with Gasteiger partial charge in [-0.3, -0.25) is 0 Å². The Morgan fingerprint density at radius 3 is 2.64 bits per heavy atom. The summed E-state index contributed by atoms with van der Waals surface area (Å²) in [6.07, 6.45) is 1.49. The minimum atomic E-state index is -1.16. The first kappa shape index (κ1) is 15.8. The van der Waals surface area contributed by atoms with E-state index in [0.29, 0.717) is 37.4 Å². The lowest BCUT2D eigenvalue weighted by atomic mass is 9.43. The fourth-order valence-electron chi connectivity index (χ4n) is 8.55. The molecular weight excluding hydrogens is 364 g/mol. The van der Waals surface area contributed by atoms with E-state index in [9.17, 15) is 9.90 Å². The number of hydrogen-bond acceptors (Lipinski definition) is 7. The normalized spacial score (nSPS) is 66.3. The Bertz CT molecular complexity index is 937. The van der Waals surface area contributed by atoms with Gasteiger partial charge in [0.1, 0.15) is 35.6 Å². The van der Waals surface area contributed by atoms with Crippen LogP contribution in [0.25, 0.3) is 0 Å². The zero-order valence-corrected chi connectivity index (χ0v) is 16.2. The Balaban J connectivity index is 1.35. The molecule has 7 nitrogen and oxygen atoms in total. The molecule has 5 aliphatic heterocycles. The first-order chi connectivity index (χ1) is 13.3. The highest BCUT2D eigenvalue weighted by atomic mass is 16.8. The van der Waals surface area contributed by atoms with Crippen molar-refractivity contribution in [3.05, 3.63) is 11.1 Å². The standard InChI is InChI=1S/C21H24O7/c1-9(2)19-13(27-19)14-21(28-14)16(3)5-4-10-11(7-24-15(10)22)17(16,23)6-12-20(21,26-12)18(19)8-25-18/h9,12-14,23H,4-8H2,1-3H3/t12-,13-,14-,16-,17+,18-,19-,20+,21+/m0/s1. The van der Waals surface area contributed by atoms with E-state index >= 15 is 0 Å². The molecular formula is C21H24O7. The zero-order valence-electron chi connectivity index (χ0n) is 16.2. The van der Waals surface area contributed by atoms with E-state index in [0.717, 1.165) is 5.57 Å². The van der Waals surface area contributed by atoms with Crippen LogP contribution in [0.3, 0.4) is 0 Å². The summed E-state index contributed by atoms with van der Waals surface area (Å²) in [4.78, 5) is 12.2. The SMILES string of the molecule is CC(C)[C@]12O[C@H]1[C@@H]1O[C@@]13[C@@]1(C)CCC4=C(COC4=O)[C@]1(O)C[C@@H]1O[C@@]13[C@]21CO1. The molecule has 0 aromatic rings. The molecule has 7 heteroatoms. The van der Waals surface area contributed by atoms with E-state index in [-0.39, 0.29) is 36.5 Å². The molecule has 0 radical (unpaired) electrons. The minimum Gasteiger partial charge on any atom is -0.458 e. The molecule has 3 spiro atoms. The number of carbonyl (C=O) groups excluding carboxylic acids is 1. The van der Waals surface area contributed by atoms with Gasteiger partial charge in [-0.05, 0) is 18.8 Å². The van der Waals surface area contributed by atoms with Gasteiger partial charge in [-0.25, -0.2) is 4.79 Å². The summed E-state index contributed by atoms with van der Waals surface area (Å²) < 4.78 is 31.0. The highest BCUT2D eigenvalue weighted by Gasteiger charge is 3.08. The van der Waals surface area contributed by atoms with Gasteiger partial charge < -0.3 is 28.8 Å². The van der Waals surface area contributed by atoms with Crippen molar-refractivity contribution in [1.29, 1.82) is 0 Å². The maximum absolute atomic E-state index is 12.2. The van der Waals surface area contributed by atoms with Gasteiger partial charge in [-0.1, -0.05) is 20.8 Å². The van der Waals surface area contributed by atoms with Crippen molar-refractivity contribution in [3.8, 4) is 0 Å². The molecule has 8 rings (SSSR count). The number of ether oxygens (including phenoxy) is 5. The van der Waals surface area contributed by atoms with Gasteiger partial charge in [-0.2, -0.15) is 0 Å². The topological polar surface area (TPSA) is 96.7 Å². The molecule has 4 saturated heterocycles. The summed E-state index contributed by atoms with van der Waals surface area (Å²) in [5, 5.41) is 12.1. The quantitative estimate of drug-likeness (QED) is 0.520. The number of aliphatic hydroxyl groups is 1. The first-order valence-corrected chi connectivity index (χ1v) is 10.6. The van der Waals surface area contributed by atoms with E-state index in [1.54, 1.807) is 0 Å². The van der Waals surface area contributed by atoms with E-state index < -0.39 is 27.8 Å². The molecule has 0 amide bonds. The van der Waals surface area contributed by atoms with E-state index in [1.165, 1.54) is 0 Å². The van der Waals surface area contributed by atoms with Gasteiger partial charge in [0.25, 0.3) is 0 Å². The molecule has 2 saturated carbocycles. The Hall–Kier alpha value is -0.990. The molecule has 8 aliphatic rings. The Kier molecular flexibility index (Phi) is 2.11. The van der Waals surface area contributed by atoms with Crippen molar-refractivity contribution in [2.45, 2.75) is 86.4 Å². The average Bonchev–Trinajstić information content (AvgIpc) is 3.47. The highest BCUT2D eigenvalue weighted by Crippen LogP contribution is 2.88.